The number of nitrogen functional groups attached to an aromatic ring is 1. The largest absolute Gasteiger partial charge is 0.338 e. The molecule has 2 aliphatic carbocycles. The molecule has 5 nitrogen and oxygen atoms in total. The number of aromatic nitrogens is 1. The molecule has 0 bridgehead atoms. The van der Waals surface area contributed by atoms with E-state index >= 15 is 0 Å². The molecule has 2 aliphatic rings. The number of carbonyl (C=O) groups is 1. The standard InChI is InChI=1S/C14H20N4O/c15-17-13-12(2-1-7-16-13)14(19)18(8-10-3-4-10)9-11-5-6-11/h1-2,7,10-11H,3-6,8-9,15H2,(H,16,17). The summed E-state index contributed by atoms with van der Waals surface area (Å²) in [5, 5.41) is 0. The van der Waals surface area contributed by atoms with Crippen LogP contribution < -0.4 is 11.3 Å². The highest BCUT2D eigenvalue weighted by atomic mass is 16.2. The minimum Gasteiger partial charge on any atom is -0.338 e. The van der Waals surface area contributed by atoms with Crippen molar-refractivity contribution in [1.29, 1.82) is 0 Å². The van der Waals surface area contributed by atoms with E-state index in [4.69, 9.17) is 5.84 Å². The van der Waals surface area contributed by atoms with Crippen molar-refractivity contribution >= 4 is 11.7 Å². The van der Waals surface area contributed by atoms with Crippen LogP contribution in [0.15, 0.2) is 18.3 Å². The van der Waals surface area contributed by atoms with Gasteiger partial charge in [0.05, 0.1) is 5.56 Å². The highest BCUT2D eigenvalue weighted by Gasteiger charge is 2.32. The molecule has 0 atom stereocenters. The minimum atomic E-state index is 0.0554. The van der Waals surface area contributed by atoms with Crippen molar-refractivity contribution in [2.45, 2.75) is 25.7 Å². The first-order valence-corrected chi connectivity index (χ1v) is 6.99. The van der Waals surface area contributed by atoms with Crippen LogP contribution in [-0.2, 0) is 0 Å². The third-order valence-electron chi connectivity index (χ3n) is 3.81. The van der Waals surface area contributed by atoms with Crippen molar-refractivity contribution in [3.05, 3.63) is 23.9 Å². The van der Waals surface area contributed by atoms with Gasteiger partial charge < -0.3 is 10.3 Å². The molecule has 3 rings (SSSR count). The number of nitrogens with two attached hydrogens (primary N) is 1. The number of hydrogen-bond acceptors (Lipinski definition) is 4. The topological polar surface area (TPSA) is 71.2 Å². The average molecular weight is 260 g/mol. The lowest BCUT2D eigenvalue weighted by Gasteiger charge is -2.23. The van der Waals surface area contributed by atoms with Crippen LogP contribution in [0.1, 0.15) is 36.0 Å². The van der Waals surface area contributed by atoms with E-state index < -0.39 is 0 Å². The summed E-state index contributed by atoms with van der Waals surface area (Å²) in [5.41, 5.74) is 3.09. The summed E-state index contributed by atoms with van der Waals surface area (Å²) >= 11 is 0. The number of rotatable bonds is 6. The molecular formula is C14H20N4O. The van der Waals surface area contributed by atoms with E-state index in [1.54, 1.807) is 18.3 Å². The average Bonchev–Trinajstić information content (AvgIpc) is 3.32. The molecule has 5 heteroatoms. The second kappa shape index (κ2) is 5.17. The summed E-state index contributed by atoms with van der Waals surface area (Å²) in [6.45, 7) is 1.77. The van der Waals surface area contributed by atoms with Crippen molar-refractivity contribution in [1.82, 2.24) is 9.88 Å². The maximum absolute atomic E-state index is 12.6. The van der Waals surface area contributed by atoms with Crippen LogP contribution in [0.25, 0.3) is 0 Å². The Balaban J connectivity index is 1.76. The molecule has 1 aromatic rings. The van der Waals surface area contributed by atoms with E-state index in [-0.39, 0.29) is 5.91 Å². The van der Waals surface area contributed by atoms with Crippen molar-refractivity contribution in [3.8, 4) is 0 Å². The summed E-state index contributed by atoms with van der Waals surface area (Å²) in [6.07, 6.45) is 6.65. The van der Waals surface area contributed by atoms with Crippen LogP contribution in [0.3, 0.4) is 0 Å². The van der Waals surface area contributed by atoms with Gasteiger partial charge in [0.25, 0.3) is 5.91 Å². The van der Waals surface area contributed by atoms with Gasteiger partial charge in [-0.1, -0.05) is 0 Å². The van der Waals surface area contributed by atoms with Gasteiger partial charge in [-0.05, 0) is 49.7 Å². The van der Waals surface area contributed by atoms with Gasteiger partial charge >= 0.3 is 0 Å². The van der Waals surface area contributed by atoms with Gasteiger partial charge in [-0.25, -0.2) is 10.8 Å². The van der Waals surface area contributed by atoms with Crippen molar-refractivity contribution < 1.29 is 4.79 Å². The van der Waals surface area contributed by atoms with Crippen LogP contribution >= 0.6 is 0 Å². The molecule has 3 N–H and O–H groups in total. The molecule has 1 aromatic heterocycles. The Morgan fingerprint density at radius 1 is 1.32 bits per heavy atom. The van der Waals surface area contributed by atoms with Gasteiger partial charge in [0.2, 0.25) is 0 Å². The third kappa shape index (κ3) is 3.04. The highest BCUT2D eigenvalue weighted by Crippen LogP contribution is 2.34. The van der Waals surface area contributed by atoms with E-state index in [1.165, 1.54) is 25.7 Å². The molecule has 0 unspecified atom stereocenters. The fourth-order valence-electron chi connectivity index (χ4n) is 2.33. The zero-order valence-corrected chi connectivity index (χ0v) is 11.0. The lowest BCUT2D eigenvalue weighted by molar-refractivity contribution is 0.0740. The van der Waals surface area contributed by atoms with Crippen molar-refractivity contribution in [2.75, 3.05) is 18.5 Å². The molecule has 0 aliphatic heterocycles. The Hall–Kier alpha value is -1.62. The summed E-state index contributed by atoms with van der Waals surface area (Å²) in [5.74, 6) is 7.35. The van der Waals surface area contributed by atoms with Gasteiger partial charge in [0.1, 0.15) is 0 Å². The molecule has 2 saturated carbocycles. The summed E-state index contributed by atoms with van der Waals surface area (Å²) in [7, 11) is 0. The van der Waals surface area contributed by atoms with Crippen LogP contribution in [0.2, 0.25) is 0 Å². The quantitative estimate of drug-likeness (QED) is 0.602. The minimum absolute atomic E-state index is 0.0554. The lowest BCUT2D eigenvalue weighted by Crippen LogP contribution is -2.35. The van der Waals surface area contributed by atoms with E-state index in [2.05, 4.69) is 10.4 Å². The summed E-state index contributed by atoms with van der Waals surface area (Å²) in [4.78, 5) is 18.7. The Kier molecular flexibility index (Phi) is 3.38. The normalized spacial score (nSPS) is 18.2. The Morgan fingerprint density at radius 3 is 2.47 bits per heavy atom. The van der Waals surface area contributed by atoms with Crippen LogP contribution in [0, 0.1) is 11.8 Å². The first-order valence-electron chi connectivity index (χ1n) is 6.99. The number of amides is 1. The molecule has 1 heterocycles. The van der Waals surface area contributed by atoms with E-state index in [0.29, 0.717) is 23.2 Å². The number of hydrogen-bond donors (Lipinski definition) is 2. The third-order valence-corrected chi connectivity index (χ3v) is 3.81. The fourth-order valence-corrected chi connectivity index (χ4v) is 2.33. The van der Waals surface area contributed by atoms with Crippen molar-refractivity contribution in [2.24, 2.45) is 17.7 Å². The van der Waals surface area contributed by atoms with Crippen LogP contribution in [0.5, 0.6) is 0 Å². The maximum Gasteiger partial charge on any atom is 0.257 e. The van der Waals surface area contributed by atoms with E-state index in [9.17, 15) is 4.79 Å². The smallest absolute Gasteiger partial charge is 0.257 e. The number of hydrazine groups is 1. The monoisotopic (exact) mass is 260 g/mol. The van der Waals surface area contributed by atoms with Gasteiger partial charge in [-0.2, -0.15) is 0 Å². The zero-order chi connectivity index (χ0) is 13.2. The molecule has 102 valence electrons. The number of pyridine rings is 1. The lowest BCUT2D eigenvalue weighted by atomic mass is 10.2. The first kappa shape index (κ1) is 12.4. The summed E-state index contributed by atoms with van der Waals surface area (Å²) < 4.78 is 0. The highest BCUT2D eigenvalue weighted by molar-refractivity contribution is 5.98. The van der Waals surface area contributed by atoms with Gasteiger partial charge in [-0.15, -0.1) is 0 Å². The SMILES string of the molecule is NNc1ncccc1C(=O)N(CC1CC1)CC1CC1. The molecule has 1 amide bonds. The van der Waals surface area contributed by atoms with Gasteiger partial charge in [-0.3, -0.25) is 4.79 Å². The second-order valence-electron chi connectivity index (χ2n) is 5.64. The molecule has 0 spiro atoms. The maximum atomic E-state index is 12.6. The fraction of sp³-hybridized carbons (Fsp3) is 0.571. The predicted molar refractivity (Wildman–Crippen MR) is 73.4 cm³/mol. The Bertz CT molecular complexity index is 454. The van der Waals surface area contributed by atoms with Crippen molar-refractivity contribution in [3.63, 3.8) is 0 Å². The number of carbonyl (C=O) groups excluding carboxylic acids is 1. The first-order chi connectivity index (χ1) is 9.28. The zero-order valence-electron chi connectivity index (χ0n) is 11.0. The van der Waals surface area contributed by atoms with Crippen LogP contribution in [-0.4, -0.2) is 28.9 Å². The van der Waals surface area contributed by atoms with E-state index in [0.717, 1.165) is 13.1 Å². The van der Waals surface area contributed by atoms with Crippen LogP contribution in [0.4, 0.5) is 5.82 Å². The molecule has 19 heavy (non-hydrogen) atoms. The molecular weight excluding hydrogens is 240 g/mol. The van der Waals surface area contributed by atoms with Gasteiger partial charge in [0.15, 0.2) is 5.82 Å². The number of nitrogens with one attached hydrogen (secondary N) is 1. The summed E-state index contributed by atoms with van der Waals surface area (Å²) in [6, 6.07) is 3.57. The second-order valence-corrected chi connectivity index (χ2v) is 5.64. The Labute approximate surface area is 113 Å². The molecule has 2 fully saturated rings. The molecule has 0 aromatic carbocycles. The molecule has 0 saturated heterocycles. The predicted octanol–water partition coefficient (Wildman–Crippen LogP) is 1.63. The molecule has 0 radical (unpaired) electrons. The van der Waals surface area contributed by atoms with Gasteiger partial charge in [0, 0.05) is 19.3 Å². The Morgan fingerprint density at radius 2 is 1.95 bits per heavy atom. The number of anilines is 1. The number of nitrogens with zero attached hydrogens (tertiary/aromatic N) is 2. The van der Waals surface area contributed by atoms with E-state index in [1.807, 2.05) is 4.90 Å².